The summed E-state index contributed by atoms with van der Waals surface area (Å²) in [5.74, 6) is 0.00200. The zero-order chi connectivity index (χ0) is 29.4. The number of alkyl carbamates (subject to hydrolysis) is 1. The Hall–Kier alpha value is -3.91. The van der Waals surface area contributed by atoms with Gasteiger partial charge in [-0.3, -0.25) is 14.5 Å². The van der Waals surface area contributed by atoms with E-state index in [4.69, 9.17) is 4.74 Å². The van der Waals surface area contributed by atoms with E-state index in [0.717, 1.165) is 31.6 Å². The molecular weight excluding hydrogens is 528 g/mol. The number of piperidine rings is 1. The molecule has 0 aromatic heterocycles. The average molecular weight is 571 g/mol. The first-order chi connectivity index (χ1) is 20.5. The quantitative estimate of drug-likeness (QED) is 0.317. The predicted molar refractivity (Wildman–Crippen MR) is 164 cm³/mol. The van der Waals surface area contributed by atoms with E-state index in [0.29, 0.717) is 45.2 Å². The molecule has 0 unspecified atom stereocenters. The molecule has 0 radical (unpaired) electrons. The van der Waals surface area contributed by atoms with Crippen molar-refractivity contribution in [2.45, 2.75) is 70.2 Å². The fourth-order valence-corrected chi connectivity index (χ4v) is 6.31. The van der Waals surface area contributed by atoms with E-state index >= 15 is 0 Å². The zero-order valence-electron chi connectivity index (χ0n) is 24.5. The zero-order valence-corrected chi connectivity index (χ0v) is 24.5. The Balaban J connectivity index is 1.10. The highest BCUT2D eigenvalue weighted by Gasteiger charge is 2.53. The first-order valence-electron chi connectivity index (χ1n) is 15.3. The van der Waals surface area contributed by atoms with Gasteiger partial charge < -0.3 is 20.3 Å². The van der Waals surface area contributed by atoms with Gasteiger partial charge in [-0.05, 0) is 60.4 Å². The Labute approximate surface area is 248 Å². The third-order valence-electron chi connectivity index (χ3n) is 8.61. The molecule has 2 aliphatic rings. The summed E-state index contributed by atoms with van der Waals surface area (Å²) in [7, 11) is 0. The second-order valence-electron chi connectivity index (χ2n) is 11.4. The Morgan fingerprint density at radius 2 is 1.71 bits per heavy atom. The summed E-state index contributed by atoms with van der Waals surface area (Å²) in [6.45, 7) is 5.68. The van der Waals surface area contributed by atoms with Crippen molar-refractivity contribution in [1.29, 1.82) is 0 Å². The second-order valence-corrected chi connectivity index (χ2v) is 11.4. The Bertz CT molecular complexity index is 1360. The lowest BCUT2D eigenvalue weighted by Gasteiger charge is -2.51. The van der Waals surface area contributed by atoms with Crippen molar-refractivity contribution in [2.24, 2.45) is 0 Å². The fraction of sp³-hybridized carbons (Fsp3) is 0.441. The molecule has 42 heavy (non-hydrogen) atoms. The van der Waals surface area contributed by atoms with E-state index in [1.165, 1.54) is 16.3 Å². The molecule has 5 rings (SSSR count). The van der Waals surface area contributed by atoms with Crippen LogP contribution in [0.3, 0.4) is 0 Å². The number of fused-ring (bicyclic) bond motifs is 1. The molecule has 8 nitrogen and oxygen atoms in total. The molecule has 3 aromatic carbocycles. The summed E-state index contributed by atoms with van der Waals surface area (Å²) < 4.78 is 5.25. The van der Waals surface area contributed by atoms with E-state index in [-0.39, 0.29) is 18.4 Å². The van der Waals surface area contributed by atoms with E-state index in [1.807, 2.05) is 35.2 Å². The largest absolute Gasteiger partial charge is 0.445 e. The number of amides is 3. The van der Waals surface area contributed by atoms with Crippen LogP contribution in [0.2, 0.25) is 0 Å². The Morgan fingerprint density at radius 1 is 0.976 bits per heavy atom. The molecule has 2 saturated heterocycles. The summed E-state index contributed by atoms with van der Waals surface area (Å²) in [5, 5.41) is 8.35. The smallest absolute Gasteiger partial charge is 0.407 e. The number of nitrogens with zero attached hydrogens (tertiary/aromatic N) is 2. The summed E-state index contributed by atoms with van der Waals surface area (Å²) in [5.41, 5.74) is 1.45. The monoisotopic (exact) mass is 570 g/mol. The third-order valence-corrected chi connectivity index (χ3v) is 8.61. The lowest BCUT2D eigenvalue weighted by molar-refractivity contribution is -0.161. The van der Waals surface area contributed by atoms with Crippen molar-refractivity contribution in [1.82, 2.24) is 20.4 Å². The molecule has 0 aliphatic carbocycles. The number of piperazine rings is 1. The Morgan fingerprint density at radius 3 is 2.50 bits per heavy atom. The molecule has 1 spiro atoms. The van der Waals surface area contributed by atoms with Gasteiger partial charge in [-0.15, -0.1) is 0 Å². The molecule has 2 aliphatic heterocycles. The van der Waals surface area contributed by atoms with Gasteiger partial charge in [0.1, 0.15) is 18.2 Å². The topological polar surface area (TPSA) is 91.0 Å². The van der Waals surface area contributed by atoms with E-state index < -0.39 is 17.7 Å². The Kier molecular flexibility index (Phi) is 9.74. The van der Waals surface area contributed by atoms with Gasteiger partial charge in [-0.25, -0.2) is 4.79 Å². The van der Waals surface area contributed by atoms with Crippen LogP contribution in [0.1, 0.15) is 56.6 Å². The maximum absolute atomic E-state index is 13.7. The number of ether oxygens (including phenoxy) is 1. The molecule has 2 heterocycles. The van der Waals surface area contributed by atoms with Crippen molar-refractivity contribution >= 4 is 28.7 Å². The molecule has 222 valence electrons. The minimum Gasteiger partial charge on any atom is -0.445 e. The van der Waals surface area contributed by atoms with Crippen LogP contribution in [0, 0.1) is 0 Å². The van der Waals surface area contributed by atoms with E-state index in [1.54, 1.807) is 0 Å². The first-order valence-corrected chi connectivity index (χ1v) is 15.3. The molecule has 1 atom stereocenters. The lowest BCUT2D eigenvalue weighted by atomic mass is 9.81. The van der Waals surface area contributed by atoms with Crippen molar-refractivity contribution in [3.63, 3.8) is 0 Å². The van der Waals surface area contributed by atoms with Crippen LogP contribution in [0.4, 0.5) is 4.79 Å². The number of carbonyl (C=O) groups is 3. The van der Waals surface area contributed by atoms with Crippen molar-refractivity contribution < 1.29 is 19.1 Å². The number of rotatable bonds is 11. The van der Waals surface area contributed by atoms with Gasteiger partial charge in [0, 0.05) is 32.7 Å². The minimum atomic E-state index is -0.775. The maximum Gasteiger partial charge on any atom is 0.407 e. The van der Waals surface area contributed by atoms with Crippen LogP contribution in [-0.2, 0) is 27.5 Å². The van der Waals surface area contributed by atoms with Crippen LogP contribution in [0.15, 0.2) is 72.8 Å². The molecule has 2 fully saturated rings. The van der Waals surface area contributed by atoms with Crippen LogP contribution >= 0.6 is 0 Å². The molecule has 3 amide bonds. The van der Waals surface area contributed by atoms with E-state index in [2.05, 4.69) is 64.9 Å². The first kappa shape index (κ1) is 29.6. The van der Waals surface area contributed by atoms with Gasteiger partial charge in [0.15, 0.2) is 0 Å². The number of likely N-dealkylation sites (tertiary alicyclic amines) is 1. The second kappa shape index (κ2) is 13.8. The summed E-state index contributed by atoms with van der Waals surface area (Å²) in [6.07, 6.45) is 3.58. The van der Waals surface area contributed by atoms with Crippen molar-refractivity contribution in [3.05, 3.63) is 83.9 Å². The number of hydrogen-bond acceptors (Lipinski definition) is 5. The van der Waals surface area contributed by atoms with Crippen LogP contribution < -0.4 is 10.6 Å². The number of carbonyl (C=O) groups excluding carboxylic acids is 3. The summed E-state index contributed by atoms with van der Waals surface area (Å²) in [4.78, 5) is 43.5. The fourth-order valence-electron chi connectivity index (χ4n) is 6.31. The standard InChI is InChI=1S/C34H42N4O4/c1-2-21-38-31(39)30(17-8-9-20-35-33(41)42-25-26-11-4-3-5-12-26)36-32(40)34(38)18-22-37(23-19-34)24-28-15-10-14-27-13-6-7-16-29(27)28/h3-7,10-16,30H,2,8-9,17-25H2,1H3,(H,35,41)(H,36,40)/t30-/m0/s1. The van der Waals surface area contributed by atoms with Crippen molar-refractivity contribution in [2.75, 3.05) is 26.2 Å². The molecule has 8 heteroatoms. The van der Waals surface area contributed by atoms with Gasteiger partial charge in [-0.1, -0.05) is 79.7 Å². The van der Waals surface area contributed by atoms with Gasteiger partial charge in [0.05, 0.1) is 0 Å². The minimum absolute atomic E-state index is 0.0204. The molecule has 0 bridgehead atoms. The number of benzene rings is 3. The third kappa shape index (κ3) is 6.76. The average Bonchev–Trinajstić information content (AvgIpc) is 3.02. The highest BCUT2D eigenvalue weighted by atomic mass is 16.5. The summed E-state index contributed by atoms with van der Waals surface area (Å²) >= 11 is 0. The SMILES string of the molecule is CCCN1C(=O)[C@H](CCCCNC(=O)OCc2ccccc2)NC(=O)C12CCN(Cc1cccc3ccccc13)CC2. The van der Waals surface area contributed by atoms with Crippen LogP contribution in [-0.4, -0.2) is 65.5 Å². The number of nitrogens with one attached hydrogen (secondary N) is 2. The van der Waals surface area contributed by atoms with Gasteiger partial charge in [-0.2, -0.15) is 0 Å². The van der Waals surface area contributed by atoms with Crippen molar-refractivity contribution in [3.8, 4) is 0 Å². The molecule has 0 saturated carbocycles. The van der Waals surface area contributed by atoms with Crippen LogP contribution in [0.5, 0.6) is 0 Å². The maximum atomic E-state index is 13.7. The highest BCUT2D eigenvalue weighted by Crippen LogP contribution is 2.34. The molecule has 3 aromatic rings. The molecule has 2 N–H and O–H groups in total. The van der Waals surface area contributed by atoms with E-state index in [9.17, 15) is 14.4 Å². The van der Waals surface area contributed by atoms with Gasteiger partial charge in [0.25, 0.3) is 0 Å². The number of hydrogen-bond donors (Lipinski definition) is 2. The highest BCUT2D eigenvalue weighted by molar-refractivity contribution is 6.00. The van der Waals surface area contributed by atoms with Gasteiger partial charge in [0.2, 0.25) is 11.8 Å². The summed E-state index contributed by atoms with van der Waals surface area (Å²) in [6, 6.07) is 23.9. The molecular formula is C34H42N4O4. The van der Waals surface area contributed by atoms with Gasteiger partial charge >= 0.3 is 6.09 Å². The predicted octanol–water partition coefficient (Wildman–Crippen LogP) is 5.01. The lowest BCUT2D eigenvalue weighted by Crippen LogP contribution is -2.72. The number of unbranched alkanes of at least 4 members (excludes halogenated alkanes) is 1. The normalized spacial score (nSPS) is 18.7. The van der Waals surface area contributed by atoms with Crippen LogP contribution in [0.25, 0.3) is 10.8 Å².